The number of pyridine rings is 1. The van der Waals surface area contributed by atoms with Gasteiger partial charge in [-0.3, -0.25) is 0 Å². The van der Waals surface area contributed by atoms with Crippen LogP contribution in [0.25, 0.3) is 0 Å². The van der Waals surface area contributed by atoms with Crippen LogP contribution in [0.1, 0.15) is 6.17 Å². The van der Waals surface area contributed by atoms with Gasteiger partial charge in [0.1, 0.15) is 0 Å². The highest BCUT2D eigenvalue weighted by Crippen LogP contribution is 2.05. The fourth-order valence-electron chi connectivity index (χ4n) is 0.781. The van der Waals surface area contributed by atoms with E-state index in [-0.39, 0.29) is 17.0 Å². The maximum Gasteiger partial charge on any atom is 0.287 e. The summed E-state index contributed by atoms with van der Waals surface area (Å²) in [6, 6.07) is 6.00. The molecule has 2 rings (SSSR count). The van der Waals surface area contributed by atoms with Gasteiger partial charge < -0.3 is 17.0 Å². The maximum absolute atomic E-state index is 4.01. The Kier molecular flexibility index (Phi) is 2.17. The smallest absolute Gasteiger partial charge is 0.287 e. The molecular formula is C7H7BrN2. The molecule has 1 aromatic rings. The van der Waals surface area contributed by atoms with Crippen LogP contribution in [-0.2, 0) is 0 Å². The van der Waals surface area contributed by atoms with E-state index in [0.717, 1.165) is 0 Å². The number of halogens is 1. The van der Waals surface area contributed by atoms with E-state index in [1.54, 1.807) is 0 Å². The van der Waals surface area contributed by atoms with E-state index in [1.165, 1.54) is 0 Å². The molecule has 1 aromatic heterocycles. The zero-order valence-electron chi connectivity index (χ0n) is 5.31. The fourth-order valence-corrected chi connectivity index (χ4v) is 0.781. The van der Waals surface area contributed by atoms with Gasteiger partial charge in [-0.2, -0.15) is 4.57 Å². The highest BCUT2D eigenvalue weighted by Gasteiger charge is 2.21. The first-order valence-electron chi connectivity index (χ1n) is 2.96. The molecule has 0 saturated heterocycles. The van der Waals surface area contributed by atoms with Gasteiger partial charge in [-0.1, -0.05) is 6.07 Å². The largest absolute Gasteiger partial charge is 1.00 e. The van der Waals surface area contributed by atoms with Crippen molar-refractivity contribution >= 4 is 6.21 Å². The first-order chi connectivity index (χ1) is 4.47. The number of aliphatic imine (C=N–C) groups is 1. The average Bonchev–Trinajstić information content (AvgIpc) is 2.71. The summed E-state index contributed by atoms with van der Waals surface area (Å²) in [6.07, 6.45) is 6.26. The Morgan fingerprint density at radius 2 is 1.70 bits per heavy atom. The molecule has 1 unspecified atom stereocenters. The predicted octanol–water partition coefficient (Wildman–Crippen LogP) is -2.44. The van der Waals surface area contributed by atoms with Crippen molar-refractivity contribution in [2.24, 2.45) is 4.99 Å². The minimum Gasteiger partial charge on any atom is -1.00 e. The van der Waals surface area contributed by atoms with Crippen molar-refractivity contribution < 1.29 is 21.5 Å². The van der Waals surface area contributed by atoms with Crippen LogP contribution < -0.4 is 21.5 Å². The number of rotatable bonds is 1. The van der Waals surface area contributed by atoms with Crippen molar-refractivity contribution in [2.75, 3.05) is 0 Å². The van der Waals surface area contributed by atoms with Gasteiger partial charge in [0.05, 0.1) is 6.21 Å². The van der Waals surface area contributed by atoms with Crippen LogP contribution in [0, 0.1) is 0 Å². The number of nitrogens with zero attached hydrogens (tertiary/aromatic N) is 2. The molecule has 2 nitrogen and oxygen atoms in total. The summed E-state index contributed by atoms with van der Waals surface area (Å²) < 4.78 is 2.06. The van der Waals surface area contributed by atoms with E-state index in [2.05, 4.69) is 9.56 Å². The van der Waals surface area contributed by atoms with Gasteiger partial charge in [0.2, 0.25) is 0 Å². The fraction of sp³-hybridized carbons (Fsp3) is 0.143. The molecule has 52 valence electrons. The maximum atomic E-state index is 4.01. The molecule has 0 saturated carbocycles. The van der Waals surface area contributed by atoms with E-state index < -0.39 is 0 Å². The third kappa shape index (κ3) is 1.42. The second-order valence-electron chi connectivity index (χ2n) is 2.03. The molecule has 3 heteroatoms. The first kappa shape index (κ1) is 7.41. The Morgan fingerprint density at radius 3 is 2.20 bits per heavy atom. The second kappa shape index (κ2) is 2.92. The second-order valence-corrected chi connectivity index (χ2v) is 2.03. The Balaban J connectivity index is 0.000000500. The van der Waals surface area contributed by atoms with Crippen LogP contribution in [0.5, 0.6) is 0 Å². The first-order valence-corrected chi connectivity index (χ1v) is 2.96. The van der Waals surface area contributed by atoms with Gasteiger partial charge in [-0.15, -0.1) is 0 Å². The minimum atomic E-state index is 0. The molecule has 2 heterocycles. The lowest BCUT2D eigenvalue weighted by Gasteiger charge is -1.85. The molecule has 0 N–H and O–H groups in total. The van der Waals surface area contributed by atoms with Gasteiger partial charge in [0, 0.05) is 12.1 Å². The normalized spacial score (nSPS) is 19.8. The SMILES string of the molecule is C1=NC1[n+]1ccccc1.[Br-]. The van der Waals surface area contributed by atoms with Crippen molar-refractivity contribution in [2.45, 2.75) is 6.17 Å². The molecule has 0 bridgehead atoms. The van der Waals surface area contributed by atoms with Crippen LogP contribution in [-0.4, -0.2) is 6.21 Å². The van der Waals surface area contributed by atoms with Crippen LogP contribution in [0.3, 0.4) is 0 Å². The van der Waals surface area contributed by atoms with Crippen molar-refractivity contribution in [1.29, 1.82) is 0 Å². The van der Waals surface area contributed by atoms with Crippen molar-refractivity contribution in [3.8, 4) is 0 Å². The molecule has 0 radical (unpaired) electrons. The van der Waals surface area contributed by atoms with Crippen LogP contribution >= 0.6 is 0 Å². The lowest BCUT2D eigenvalue weighted by molar-refractivity contribution is -0.695. The highest BCUT2D eigenvalue weighted by atomic mass is 79.9. The molecule has 1 atom stereocenters. The molecule has 1 aliphatic heterocycles. The van der Waals surface area contributed by atoms with E-state index in [9.17, 15) is 0 Å². The minimum absolute atomic E-state index is 0. The molecule has 0 amide bonds. The van der Waals surface area contributed by atoms with Crippen LogP contribution in [0.4, 0.5) is 0 Å². The topological polar surface area (TPSA) is 16.2 Å². The van der Waals surface area contributed by atoms with E-state index in [0.29, 0.717) is 6.17 Å². The Bertz CT molecular complexity index is 227. The third-order valence-corrected chi connectivity index (χ3v) is 1.33. The molecular weight excluding hydrogens is 192 g/mol. The molecule has 10 heavy (non-hydrogen) atoms. The predicted molar refractivity (Wildman–Crippen MR) is 34.2 cm³/mol. The van der Waals surface area contributed by atoms with E-state index in [4.69, 9.17) is 0 Å². The zero-order valence-corrected chi connectivity index (χ0v) is 6.90. The van der Waals surface area contributed by atoms with Crippen molar-refractivity contribution in [3.05, 3.63) is 30.6 Å². The average molecular weight is 199 g/mol. The molecule has 0 spiro atoms. The Hall–Kier alpha value is -0.700. The van der Waals surface area contributed by atoms with Crippen molar-refractivity contribution in [3.63, 3.8) is 0 Å². The highest BCUT2D eigenvalue weighted by molar-refractivity contribution is 5.72. The molecule has 0 fully saturated rings. The van der Waals surface area contributed by atoms with Gasteiger partial charge in [-0.05, 0) is 0 Å². The van der Waals surface area contributed by atoms with Gasteiger partial charge in [-0.25, -0.2) is 4.99 Å². The van der Waals surface area contributed by atoms with Crippen molar-refractivity contribution in [1.82, 2.24) is 0 Å². The number of hydrogen-bond donors (Lipinski definition) is 0. The summed E-state index contributed by atoms with van der Waals surface area (Å²) in [5.74, 6) is 0. The monoisotopic (exact) mass is 198 g/mol. The summed E-state index contributed by atoms with van der Waals surface area (Å²) in [5.41, 5.74) is 0. The van der Waals surface area contributed by atoms with Crippen LogP contribution in [0.15, 0.2) is 35.6 Å². The van der Waals surface area contributed by atoms with Gasteiger partial charge in [0.15, 0.2) is 12.4 Å². The molecule has 1 aliphatic rings. The standard InChI is InChI=1S/C7H7N2.BrH/c1-2-4-9(5-3-1)7-6-8-7;/h1-7H;1H/q+1;/p-1. The Labute approximate surface area is 70.0 Å². The quantitative estimate of drug-likeness (QED) is 0.447. The summed E-state index contributed by atoms with van der Waals surface area (Å²) in [6.45, 7) is 0. The van der Waals surface area contributed by atoms with Gasteiger partial charge >= 0.3 is 0 Å². The molecule has 0 aromatic carbocycles. The number of hydrogen-bond acceptors (Lipinski definition) is 1. The summed E-state index contributed by atoms with van der Waals surface area (Å²) in [7, 11) is 0. The van der Waals surface area contributed by atoms with E-state index >= 15 is 0 Å². The summed E-state index contributed by atoms with van der Waals surface area (Å²) in [4.78, 5) is 4.01. The number of aromatic nitrogens is 1. The Morgan fingerprint density at radius 1 is 1.10 bits per heavy atom. The third-order valence-electron chi connectivity index (χ3n) is 1.33. The molecule has 0 aliphatic carbocycles. The lowest BCUT2D eigenvalue weighted by atomic mass is 10.5. The van der Waals surface area contributed by atoms with Gasteiger partial charge in [0.25, 0.3) is 6.17 Å². The summed E-state index contributed by atoms with van der Waals surface area (Å²) >= 11 is 0. The lowest BCUT2D eigenvalue weighted by Crippen LogP contribution is -3.00. The van der Waals surface area contributed by atoms with E-state index in [1.807, 2.05) is 36.8 Å². The van der Waals surface area contributed by atoms with Crippen LogP contribution in [0.2, 0.25) is 0 Å². The summed E-state index contributed by atoms with van der Waals surface area (Å²) in [5, 5.41) is 0. The zero-order chi connectivity index (χ0) is 6.10.